The molecule has 0 radical (unpaired) electrons. The Hall–Kier alpha value is -1.16. The summed E-state index contributed by atoms with van der Waals surface area (Å²) in [6, 6.07) is 15.2. The van der Waals surface area contributed by atoms with E-state index in [1.54, 1.807) is 0 Å². The minimum Gasteiger partial charge on any atom is -0.338 e. The zero-order valence-electron chi connectivity index (χ0n) is 12.5. The van der Waals surface area contributed by atoms with Gasteiger partial charge in [-0.15, -0.1) is 0 Å². The Morgan fingerprint density at radius 3 is 2.57 bits per heavy atom. The number of hydrogen-bond donors (Lipinski definition) is 0. The first-order chi connectivity index (χ1) is 10.1. The molecule has 0 amide bonds. The number of rotatable bonds is 3. The molecule has 1 aliphatic rings. The lowest BCUT2D eigenvalue weighted by Crippen LogP contribution is -2.37. The number of halogens is 1. The van der Waals surface area contributed by atoms with Crippen LogP contribution in [0.15, 0.2) is 52.3 Å². The molecule has 0 bridgehead atoms. The summed E-state index contributed by atoms with van der Waals surface area (Å²) in [6.07, 6.45) is 0. The van der Waals surface area contributed by atoms with Crippen LogP contribution in [0.5, 0.6) is 0 Å². The molecule has 1 aliphatic heterocycles. The standard InChI is InChI=1S/C17H19ClN2S/c1-12(19(2)3)11-20-14-6-4-5-7-16(14)21-17-9-8-13(18)10-15(17)20/h4-10,12H,11H2,1-3H3/t12-/m1/s1. The predicted octanol–water partition coefficient (Wildman–Crippen LogP) is 4.89. The fourth-order valence-corrected chi connectivity index (χ4v) is 3.67. The first-order valence-corrected chi connectivity index (χ1v) is 8.26. The molecule has 0 N–H and O–H groups in total. The molecule has 3 rings (SSSR count). The zero-order chi connectivity index (χ0) is 15.0. The van der Waals surface area contributed by atoms with Gasteiger partial charge in [0.05, 0.1) is 11.4 Å². The normalized spacial score (nSPS) is 14.8. The van der Waals surface area contributed by atoms with Gasteiger partial charge in [-0.2, -0.15) is 0 Å². The van der Waals surface area contributed by atoms with E-state index < -0.39 is 0 Å². The molecule has 110 valence electrons. The quantitative estimate of drug-likeness (QED) is 0.795. The Morgan fingerprint density at radius 1 is 1.10 bits per heavy atom. The van der Waals surface area contributed by atoms with Gasteiger partial charge in [0, 0.05) is 27.4 Å². The van der Waals surface area contributed by atoms with Gasteiger partial charge in [-0.3, -0.25) is 0 Å². The molecule has 0 aliphatic carbocycles. The number of benzene rings is 2. The SMILES string of the molecule is C[C@H](CN1c2ccccc2Sc2ccc(Cl)cc21)N(C)C. The summed E-state index contributed by atoms with van der Waals surface area (Å²) in [7, 11) is 4.24. The van der Waals surface area contributed by atoms with Crippen LogP contribution in [-0.2, 0) is 0 Å². The van der Waals surface area contributed by atoms with Gasteiger partial charge >= 0.3 is 0 Å². The van der Waals surface area contributed by atoms with Crippen LogP contribution in [0.4, 0.5) is 11.4 Å². The summed E-state index contributed by atoms with van der Waals surface area (Å²) >= 11 is 8.04. The van der Waals surface area contributed by atoms with Crippen molar-refractivity contribution in [1.29, 1.82) is 0 Å². The number of fused-ring (bicyclic) bond motifs is 2. The molecule has 2 aromatic carbocycles. The monoisotopic (exact) mass is 318 g/mol. The van der Waals surface area contributed by atoms with E-state index in [2.05, 4.69) is 67.2 Å². The van der Waals surface area contributed by atoms with Crippen molar-refractivity contribution in [3.8, 4) is 0 Å². The van der Waals surface area contributed by atoms with E-state index in [1.807, 2.05) is 17.8 Å². The second kappa shape index (κ2) is 5.91. The third-order valence-electron chi connectivity index (χ3n) is 3.92. The van der Waals surface area contributed by atoms with Crippen LogP contribution in [0.3, 0.4) is 0 Å². The van der Waals surface area contributed by atoms with E-state index in [9.17, 15) is 0 Å². The molecule has 4 heteroatoms. The molecule has 2 nitrogen and oxygen atoms in total. The van der Waals surface area contributed by atoms with Crippen molar-refractivity contribution in [2.75, 3.05) is 25.5 Å². The van der Waals surface area contributed by atoms with Crippen LogP contribution in [0.2, 0.25) is 5.02 Å². The summed E-state index contributed by atoms with van der Waals surface area (Å²) in [6.45, 7) is 3.19. The lowest BCUT2D eigenvalue weighted by molar-refractivity contribution is 0.319. The van der Waals surface area contributed by atoms with Crippen LogP contribution >= 0.6 is 23.4 Å². The average molecular weight is 319 g/mol. The highest BCUT2D eigenvalue weighted by molar-refractivity contribution is 7.99. The fourth-order valence-electron chi connectivity index (χ4n) is 2.43. The van der Waals surface area contributed by atoms with E-state index in [1.165, 1.54) is 21.2 Å². The van der Waals surface area contributed by atoms with Crippen LogP contribution in [0.1, 0.15) is 6.92 Å². The van der Waals surface area contributed by atoms with Gasteiger partial charge < -0.3 is 9.80 Å². The van der Waals surface area contributed by atoms with Crippen molar-refractivity contribution in [2.24, 2.45) is 0 Å². The summed E-state index contributed by atoms with van der Waals surface area (Å²) in [5.74, 6) is 0. The minimum atomic E-state index is 0.452. The Labute approximate surface area is 135 Å². The maximum atomic E-state index is 6.22. The molecular formula is C17H19ClN2S. The van der Waals surface area contributed by atoms with Gasteiger partial charge in [-0.1, -0.05) is 35.5 Å². The van der Waals surface area contributed by atoms with Crippen molar-refractivity contribution in [2.45, 2.75) is 22.8 Å². The van der Waals surface area contributed by atoms with E-state index in [0.717, 1.165) is 11.6 Å². The second-order valence-electron chi connectivity index (χ2n) is 5.61. The van der Waals surface area contributed by atoms with Gasteiger partial charge in [0.15, 0.2) is 0 Å². The molecule has 0 spiro atoms. The van der Waals surface area contributed by atoms with Crippen molar-refractivity contribution in [1.82, 2.24) is 4.90 Å². The Balaban J connectivity index is 2.06. The Morgan fingerprint density at radius 2 is 1.81 bits per heavy atom. The average Bonchev–Trinajstić information content (AvgIpc) is 2.47. The highest BCUT2D eigenvalue weighted by atomic mass is 35.5. The number of para-hydroxylation sites is 1. The Bertz CT molecular complexity index is 657. The van der Waals surface area contributed by atoms with Crippen molar-refractivity contribution < 1.29 is 0 Å². The molecule has 0 unspecified atom stereocenters. The van der Waals surface area contributed by atoms with Crippen LogP contribution in [-0.4, -0.2) is 31.6 Å². The topological polar surface area (TPSA) is 6.48 Å². The van der Waals surface area contributed by atoms with Gasteiger partial charge in [0.1, 0.15) is 0 Å². The van der Waals surface area contributed by atoms with Crippen LogP contribution < -0.4 is 4.90 Å². The van der Waals surface area contributed by atoms with Crippen molar-refractivity contribution >= 4 is 34.7 Å². The molecule has 1 heterocycles. The molecule has 0 saturated carbocycles. The van der Waals surface area contributed by atoms with Gasteiger partial charge in [0.2, 0.25) is 0 Å². The summed E-state index contributed by atoms with van der Waals surface area (Å²) in [5, 5.41) is 0.788. The van der Waals surface area contributed by atoms with Crippen LogP contribution in [0.25, 0.3) is 0 Å². The lowest BCUT2D eigenvalue weighted by Gasteiger charge is -2.36. The molecule has 0 saturated heterocycles. The predicted molar refractivity (Wildman–Crippen MR) is 92.2 cm³/mol. The first-order valence-electron chi connectivity index (χ1n) is 7.06. The highest BCUT2D eigenvalue weighted by Gasteiger charge is 2.25. The van der Waals surface area contributed by atoms with E-state index in [4.69, 9.17) is 11.6 Å². The summed E-state index contributed by atoms with van der Waals surface area (Å²) in [5.41, 5.74) is 2.48. The molecule has 0 aromatic heterocycles. The van der Waals surface area contributed by atoms with E-state index in [0.29, 0.717) is 6.04 Å². The fraction of sp³-hybridized carbons (Fsp3) is 0.294. The zero-order valence-corrected chi connectivity index (χ0v) is 14.1. The van der Waals surface area contributed by atoms with Crippen molar-refractivity contribution in [3.05, 3.63) is 47.5 Å². The maximum absolute atomic E-state index is 6.22. The van der Waals surface area contributed by atoms with Gasteiger partial charge in [-0.25, -0.2) is 0 Å². The highest BCUT2D eigenvalue weighted by Crippen LogP contribution is 2.48. The Kier molecular flexibility index (Phi) is 4.16. The smallest absolute Gasteiger partial charge is 0.0568 e. The summed E-state index contributed by atoms with van der Waals surface area (Å²) in [4.78, 5) is 7.20. The molecular weight excluding hydrogens is 300 g/mol. The summed E-state index contributed by atoms with van der Waals surface area (Å²) < 4.78 is 0. The third kappa shape index (κ3) is 2.91. The number of anilines is 2. The number of nitrogens with zero attached hydrogens (tertiary/aromatic N) is 2. The minimum absolute atomic E-state index is 0.452. The van der Waals surface area contributed by atoms with Crippen LogP contribution in [0, 0.1) is 0 Å². The van der Waals surface area contributed by atoms with E-state index >= 15 is 0 Å². The second-order valence-corrected chi connectivity index (χ2v) is 7.13. The van der Waals surface area contributed by atoms with Gasteiger partial charge in [-0.05, 0) is 51.4 Å². The lowest BCUT2D eigenvalue weighted by atomic mass is 10.2. The van der Waals surface area contributed by atoms with Gasteiger partial charge in [0.25, 0.3) is 0 Å². The van der Waals surface area contributed by atoms with E-state index in [-0.39, 0.29) is 0 Å². The molecule has 21 heavy (non-hydrogen) atoms. The molecule has 2 aromatic rings. The molecule has 1 atom stereocenters. The maximum Gasteiger partial charge on any atom is 0.0568 e. The number of likely N-dealkylation sites (N-methyl/N-ethyl adjacent to an activating group) is 1. The first kappa shape index (κ1) is 14.8. The third-order valence-corrected chi connectivity index (χ3v) is 5.28. The van der Waals surface area contributed by atoms with Crippen molar-refractivity contribution in [3.63, 3.8) is 0 Å². The number of hydrogen-bond acceptors (Lipinski definition) is 3. The largest absolute Gasteiger partial charge is 0.338 e. The molecule has 0 fully saturated rings.